The summed E-state index contributed by atoms with van der Waals surface area (Å²) in [4.78, 5) is 0. The van der Waals surface area contributed by atoms with Crippen LogP contribution in [0.25, 0.3) is 151 Å². The van der Waals surface area contributed by atoms with Crippen molar-refractivity contribution in [1.29, 1.82) is 0 Å². The Balaban J connectivity index is 0.946. The topological polar surface area (TPSA) is 0 Å². The summed E-state index contributed by atoms with van der Waals surface area (Å²) in [5, 5.41) is 26.2. The first-order chi connectivity index (χ1) is 31.2. The Bertz CT molecular complexity index is 4420. The minimum atomic E-state index is 1.25. The van der Waals surface area contributed by atoms with Crippen molar-refractivity contribution in [2.75, 3.05) is 0 Å². The largest absolute Gasteiger partial charge is 0.135 e. The number of thiophene rings is 1. The van der Waals surface area contributed by atoms with E-state index in [4.69, 9.17) is 0 Å². The van der Waals surface area contributed by atoms with Crippen LogP contribution >= 0.6 is 11.3 Å². The summed E-state index contributed by atoms with van der Waals surface area (Å²) in [6, 6.07) is 78.1. The van der Waals surface area contributed by atoms with Gasteiger partial charge in [0.05, 0.1) is 0 Å². The van der Waals surface area contributed by atoms with Crippen LogP contribution in [0.1, 0.15) is 0 Å². The Hall–Kier alpha value is -7.84. The van der Waals surface area contributed by atoms with Gasteiger partial charge >= 0.3 is 0 Å². The average Bonchev–Trinajstić information content (AvgIpc) is 3.72. The molecule has 0 bridgehead atoms. The Morgan fingerprint density at radius 2 is 0.619 bits per heavy atom. The average molecular weight is 811 g/mol. The lowest BCUT2D eigenvalue weighted by molar-refractivity contribution is 1.66. The molecule has 0 saturated heterocycles. The predicted octanol–water partition coefficient (Wildman–Crippen LogP) is 18.3. The van der Waals surface area contributed by atoms with Crippen molar-refractivity contribution in [2.24, 2.45) is 0 Å². The van der Waals surface area contributed by atoms with Gasteiger partial charge in [-0.15, -0.1) is 11.3 Å². The molecule has 0 spiro atoms. The Labute approximate surface area is 366 Å². The van der Waals surface area contributed by atoms with E-state index in [1.165, 1.54) is 151 Å². The van der Waals surface area contributed by atoms with Gasteiger partial charge in [-0.3, -0.25) is 0 Å². The van der Waals surface area contributed by atoms with E-state index in [9.17, 15) is 0 Å². The van der Waals surface area contributed by atoms with E-state index < -0.39 is 0 Å². The predicted molar refractivity (Wildman–Crippen MR) is 276 cm³/mol. The van der Waals surface area contributed by atoms with E-state index in [2.05, 4.69) is 206 Å². The molecule has 0 unspecified atom stereocenters. The molecule has 0 radical (unpaired) electrons. The molecule has 0 nitrogen and oxygen atoms in total. The van der Waals surface area contributed by atoms with Gasteiger partial charge in [-0.1, -0.05) is 182 Å². The fraction of sp³-hybridized carbons (Fsp3) is 0. The molecule has 15 rings (SSSR count). The highest BCUT2D eigenvalue weighted by Crippen LogP contribution is 2.48. The second-order valence-electron chi connectivity index (χ2n) is 17.5. The maximum atomic E-state index is 2.46. The molecule has 14 aromatic carbocycles. The molecule has 288 valence electrons. The molecule has 0 fully saturated rings. The molecule has 0 aliphatic carbocycles. The Morgan fingerprint density at radius 1 is 0.206 bits per heavy atom. The van der Waals surface area contributed by atoms with E-state index >= 15 is 0 Å². The molecule has 15 aromatic rings. The lowest BCUT2D eigenvalue weighted by atomic mass is 9.84. The molecule has 0 atom stereocenters. The lowest BCUT2D eigenvalue weighted by Crippen LogP contribution is -1.92. The van der Waals surface area contributed by atoms with E-state index in [1.54, 1.807) is 0 Å². The van der Waals surface area contributed by atoms with E-state index in [0.29, 0.717) is 0 Å². The van der Waals surface area contributed by atoms with Crippen LogP contribution in [0, 0.1) is 0 Å². The van der Waals surface area contributed by atoms with E-state index in [0.717, 1.165) is 0 Å². The third-order valence-corrected chi connectivity index (χ3v) is 15.5. The minimum Gasteiger partial charge on any atom is -0.135 e. The van der Waals surface area contributed by atoms with Gasteiger partial charge < -0.3 is 0 Å². The molecule has 63 heavy (non-hydrogen) atoms. The Kier molecular flexibility index (Phi) is 6.65. The van der Waals surface area contributed by atoms with Gasteiger partial charge in [0.15, 0.2) is 0 Å². The van der Waals surface area contributed by atoms with E-state index in [-0.39, 0.29) is 0 Å². The first-order valence-corrected chi connectivity index (χ1v) is 22.7. The van der Waals surface area contributed by atoms with Crippen molar-refractivity contribution in [3.05, 3.63) is 206 Å². The normalized spacial score (nSPS) is 12.4. The maximum absolute atomic E-state index is 2.46. The van der Waals surface area contributed by atoms with Gasteiger partial charge in [0.2, 0.25) is 0 Å². The van der Waals surface area contributed by atoms with Crippen LogP contribution in [0.15, 0.2) is 206 Å². The van der Waals surface area contributed by atoms with Crippen molar-refractivity contribution in [3.8, 4) is 33.4 Å². The number of fused-ring (bicyclic) bond motifs is 9. The number of hydrogen-bond acceptors (Lipinski definition) is 1. The second kappa shape index (κ2) is 12.4. The van der Waals surface area contributed by atoms with Gasteiger partial charge in [-0.2, -0.15) is 0 Å². The molecule has 1 aromatic heterocycles. The monoisotopic (exact) mass is 810 g/mol. The molecular weight excluding hydrogens is 777 g/mol. The van der Waals surface area contributed by atoms with Crippen molar-refractivity contribution < 1.29 is 0 Å². The zero-order valence-corrected chi connectivity index (χ0v) is 34.9. The zero-order chi connectivity index (χ0) is 40.9. The van der Waals surface area contributed by atoms with Crippen molar-refractivity contribution >= 4 is 128 Å². The Morgan fingerprint density at radius 3 is 1.21 bits per heavy atom. The molecule has 0 amide bonds. The smallest absolute Gasteiger partial charge is 0.0362 e. The zero-order valence-electron chi connectivity index (χ0n) is 34.0. The molecule has 0 aliphatic heterocycles. The first kappa shape index (κ1) is 33.8. The summed E-state index contributed by atoms with van der Waals surface area (Å²) in [6.07, 6.45) is 0. The van der Waals surface area contributed by atoms with Crippen molar-refractivity contribution in [2.45, 2.75) is 0 Å². The molecule has 0 N–H and O–H groups in total. The maximum Gasteiger partial charge on any atom is 0.0362 e. The number of hydrogen-bond donors (Lipinski definition) is 0. The molecular formula is C62H34S. The molecule has 0 saturated carbocycles. The summed E-state index contributed by atoms with van der Waals surface area (Å²) >= 11 is 1.90. The van der Waals surface area contributed by atoms with Crippen LogP contribution in [-0.4, -0.2) is 0 Å². The fourth-order valence-corrected chi connectivity index (χ4v) is 12.7. The van der Waals surface area contributed by atoms with Crippen LogP contribution in [0.5, 0.6) is 0 Å². The minimum absolute atomic E-state index is 1.25. The van der Waals surface area contributed by atoms with E-state index in [1.807, 2.05) is 11.3 Å². The fourth-order valence-electron chi connectivity index (χ4n) is 11.5. The highest BCUT2D eigenvalue weighted by atomic mass is 32.1. The van der Waals surface area contributed by atoms with Gasteiger partial charge in [0.1, 0.15) is 0 Å². The van der Waals surface area contributed by atoms with Crippen LogP contribution in [-0.2, 0) is 0 Å². The highest BCUT2D eigenvalue weighted by molar-refractivity contribution is 7.25. The summed E-state index contributed by atoms with van der Waals surface area (Å²) in [5.41, 5.74) is 7.60. The highest BCUT2D eigenvalue weighted by Gasteiger charge is 2.20. The SMILES string of the molecule is c1ccc(-c2ccc3ccc4c(-c5ccc6ccc7c(-c8ccc9c(c8)c8ccccc8c8cc%10c(cc98)sc8ccccc8%10)ccc8ccc5c6c87)ccc5ccc2c3c54)cc1. The van der Waals surface area contributed by atoms with Crippen LogP contribution in [0.4, 0.5) is 0 Å². The van der Waals surface area contributed by atoms with Crippen molar-refractivity contribution in [1.82, 2.24) is 0 Å². The van der Waals surface area contributed by atoms with Crippen molar-refractivity contribution in [3.63, 3.8) is 0 Å². The summed E-state index contributed by atoms with van der Waals surface area (Å²) in [7, 11) is 0. The third-order valence-electron chi connectivity index (χ3n) is 14.3. The second-order valence-corrected chi connectivity index (χ2v) is 18.5. The summed E-state index contributed by atoms with van der Waals surface area (Å²) < 4.78 is 2.68. The van der Waals surface area contributed by atoms with Crippen LogP contribution in [0.2, 0.25) is 0 Å². The number of rotatable bonds is 3. The molecule has 1 heteroatoms. The van der Waals surface area contributed by atoms with Gasteiger partial charge in [-0.25, -0.2) is 0 Å². The van der Waals surface area contributed by atoms with Gasteiger partial charge in [0.25, 0.3) is 0 Å². The van der Waals surface area contributed by atoms with Crippen LogP contribution in [0.3, 0.4) is 0 Å². The summed E-state index contributed by atoms with van der Waals surface area (Å²) in [5.74, 6) is 0. The lowest BCUT2D eigenvalue weighted by Gasteiger charge is -2.19. The standard InChI is InChI=1S/C62H34S/c1-2-8-35(9-3-1)41-23-14-36-20-30-51-45(25-16-38-18-28-49(41)59(36)61(38)51)46-26-17-39-19-29-50-42(24-15-37-21-31-52(46)62(39)60(37)50)40-22-27-47-53(32-40)43-10-4-5-11-44(43)54-33-56-48-12-6-7-13-57(48)63-58(56)34-55(47)54/h1-34H. The van der Waals surface area contributed by atoms with Crippen LogP contribution < -0.4 is 0 Å². The number of benzene rings is 14. The molecule has 0 aliphatic rings. The van der Waals surface area contributed by atoms with Gasteiger partial charge in [-0.05, 0) is 155 Å². The quantitative estimate of drug-likeness (QED) is 0.156. The third kappa shape index (κ3) is 4.59. The van der Waals surface area contributed by atoms with Gasteiger partial charge in [0, 0.05) is 20.2 Å². The first-order valence-electron chi connectivity index (χ1n) is 21.9. The molecule has 1 heterocycles. The summed E-state index contributed by atoms with van der Waals surface area (Å²) in [6.45, 7) is 0.